The first-order chi connectivity index (χ1) is 12.6. The average molecular weight is 380 g/mol. The standard InChI is InChI=1S/C19H23ClFN3O2/c1-22-19(23-9-8-14-5-6-15(21)11-16(14)20)24-12-13-4-7-17(25-2)18(10-13)26-3/h4-7,10-11H,8-9,12H2,1-3H3,(H2,22,23,24). The van der Waals surface area contributed by atoms with Crippen LogP contribution >= 0.6 is 11.6 Å². The number of hydrogen-bond acceptors (Lipinski definition) is 3. The number of guanidine groups is 1. The molecule has 0 saturated heterocycles. The van der Waals surface area contributed by atoms with E-state index in [1.54, 1.807) is 27.3 Å². The van der Waals surface area contributed by atoms with Crippen LogP contribution in [0.1, 0.15) is 11.1 Å². The molecule has 0 heterocycles. The lowest BCUT2D eigenvalue weighted by molar-refractivity contribution is 0.354. The van der Waals surface area contributed by atoms with Crippen molar-refractivity contribution in [1.29, 1.82) is 0 Å². The van der Waals surface area contributed by atoms with E-state index in [9.17, 15) is 4.39 Å². The van der Waals surface area contributed by atoms with Crippen LogP contribution in [0.4, 0.5) is 4.39 Å². The quantitative estimate of drug-likeness (QED) is 0.572. The number of benzene rings is 2. The van der Waals surface area contributed by atoms with Gasteiger partial charge in [-0.05, 0) is 41.8 Å². The van der Waals surface area contributed by atoms with Gasteiger partial charge in [0.25, 0.3) is 0 Å². The van der Waals surface area contributed by atoms with Gasteiger partial charge in [0.05, 0.1) is 14.2 Å². The number of nitrogens with zero attached hydrogens (tertiary/aromatic N) is 1. The minimum atomic E-state index is -0.334. The summed E-state index contributed by atoms with van der Waals surface area (Å²) in [5.74, 6) is 1.70. The van der Waals surface area contributed by atoms with Crippen molar-refractivity contribution in [2.45, 2.75) is 13.0 Å². The SMILES string of the molecule is CN=C(NCCc1ccc(F)cc1Cl)NCc1ccc(OC)c(OC)c1. The van der Waals surface area contributed by atoms with E-state index < -0.39 is 0 Å². The molecule has 2 N–H and O–H groups in total. The second kappa shape index (κ2) is 9.87. The van der Waals surface area contributed by atoms with E-state index in [1.165, 1.54) is 12.1 Å². The Morgan fingerprint density at radius 3 is 2.50 bits per heavy atom. The van der Waals surface area contributed by atoms with Crippen LogP contribution in [0.25, 0.3) is 0 Å². The average Bonchev–Trinajstić information content (AvgIpc) is 2.65. The maximum Gasteiger partial charge on any atom is 0.191 e. The van der Waals surface area contributed by atoms with Gasteiger partial charge in [-0.25, -0.2) is 4.39 Å². The van der Waals surface area contributed by atoms with Crippen LogP contribution in [-0.2, 0) is 13.0 Å². The van der Waals surface area contributed by atoms with Crippen molar-refractivity contribution in [2.75, 3.05) is 27.8 Å². The molecule has 0 spiro atoms. The summed E-state index contributed by atoms with van der Waals surface area (Å²) in [5.41, 5.74) is 1.92. The molecule has 26 heavy (non-hydrogen) atoms. The maximum atomic E-state index is 13.1. The van der Waals surface area contributed by atoms with Crippen LogP contribution in [-0.4, -0.2) is 33.8 Å². The molecule has 0 bridgehead atoms. The first-order valence-corrected chi connectivity index (χ1v) is 8.54. The summed E-state index contributed by atoms with van der Waals surface area (Å²) in [4.78, 5) is 4.19. The van der Waals surface area contributed by atoms with Gasteiger partial charge >= 0.3 is 0 Å². The van der Waals surface area contributed by atoms with E-state index in [4.69, 9.17) is 21.1 Å². The largest absolute Gasteiger partial charge is 0.493 e. The summed E-state index contributed by atoms with van der Waals surface area (Å²) in [6.07, 6.45) is 0.663. The third-order valence-electron chi connectivity index (χ3n) is 3.83. The van der Waals surface area contributed by atoms with E-state index in [0.717, 1.165) is 11.1 Å². The third kappa shape index (κ3) is 5.52. The van der Waals surface area contributed by atoms with Crippen LogP contribution in [0.15, 0.2) is 41.4 Å². The number of aliphatic imine (C=N–C) groups is 1. The van der Waals surface area contributed by atoms with Gasteiger partial charge in [0.15, 0.2) is 17.5 Å². The third-order valence-corrected chi connectivity index (χ3v) is 4.19. The molecule has 0 aromatic heterocycles. The Kier molecular flexibility index (Phi) is 7.53. The van der Waals surface area contributed by atoms with Crippen molar-refractivity contribution in [2.24, 2.45) is 4.99 Å². The van der Waals surface area contributed by atoms with Gasteiger partial charge in [-0.2, -0.15) is 0 Å². The second-order valence-electron chi connectivity index (χ2n) is 5.53. The molecule has 7 heteroatoms. The summed E-state index contributed by atoms with van der Waals surface area (Å²) in [7, 11) is 4.92. The fourth-order valence-corrected chi connectivity index (χ4v) is 2.70. The number of hydrogen-bond donors (Lipinski definition) is 2. The lowest BCUT2D eigenvalue weighted by Crippen LogP contribution is -2.37. The number of methoxy groups -OCH3 is 2. The minimum Gasteiger partial charge on any atom is -0.493 e. The van der Waals surface area contributed by atoms with Gasteiger partial charge in [-0.1, -0.05) is 23.7 Å². The molecule has 0 saturated carbocycles. The second-order valence-corrected chi connectivity index (χ2v) is 5.93. The first-order valence-electron chi connectivity index (χ1n) is 8.16. The van der Waals surface area contributed by atoms with Gasteiger partial charge in [-0.15, -0.1) is 0 Å². The molecule has 140 valence electrons. The van der Waals surface area contributed by atoms with Crippen LogP contribution in [0.2, 0.25) is 5.02 Å². The van der Waals surface area contributed by atoms with Crippen molar-refractivity contribution in [1.82, 2.24) is 10.6 Å². The molecule has 0 atom stereocenters. The number of nitrogens with one attached hydrogen (secondary N) is 2. The molecule has 2 aromatic carbocycles. The van der Waals surface area contributed by atoms with E-state index in [2.05, 4.69) is 15.6 Å². The fourth-order valence-electron chi connectivity index (χ4n) is 2.44. The zero-order valence-electron chi connectivity index (χ0n) is 15.1. The van der Waals surface area contributed by atoms with Crippen molar-refractivity contribution < 1.29 is 13.9 Å². The molecule has 0 amide bonds. The van der Waals surface area contributed by atoms with Gasteiger partial charge in [0, 0.05) is 25.2 Å². The van der Waals surface area contributed by atoms with Crippen LogP contribution in [0.5, 0.6) is 11.5 Å². The molecule has 0 aliphatic rings. The lowest BCUT2D eigenvalue weighted by atomic mass is 10.1. The van der Waals surface area contributed by atoms with Crippen molar-refractivity contribution in [3.8, 4) is 11.5 Å². The topological polar surface area (TPSA) is 54.9 Å². The lowest BCUT2D eigenvalue weighted by Gasteiger charge is -2.14. The Bertz CT molecular complexity index is 768. The van der Waals surface area contributed by atoms with E-state index in [0.29, 0.717) is 42.0 Å². The Labute approximate surface area is 158 Å². The predicted octanol–water partition coefficient (Wildman–Crippen LogP) is 3.40. The maximum absolute atomic E-state index is 13.1. The Morgan fingerprint density at radius 1 is 1.08 bits per heavy atom. The Morgan fingerprint density at radius 2 is 1.85 bits per heavy atom. The highest BCUT2D eigenvalue weighted by atomic mass is 35.5. The number of ether oxygens (including phenoxy) is 2. The Hall–Kier alpha value is -2.47. The smallest absolute Gasteiger partial charge is 0.191 e. The van der Waals surface area contributed by atoms with Gasteiger partial charge in [0.1, 0.15) is 5.82 Å². The van der Waals surface area contributed by atoms with Crippen molar-refractivity contribution in [3.05, 3.63) is 58.4 Å². The highest BCUT2D eigenvalue weighted by Crippen LogP contribution is 2.27. The van der Waals surface area contributed by atoms with Gasteiger partial charge in [0.2, 0.25) is 0 Å². The molecule has 5 nitrogen and oxygen atoms in total. The van der Waals surface area contributed by atoms with E-state index in [-0.39, 0.29) is 5.82 Å². The van der Waals surface area contributed by atoms with Crippen molar-refractivity contribution >= 4 is 17.6 Å². The number of halogens is 2. The monoisotopic (exact) mass is 379 g/mol. The van der Waals surface area contributed by atoms with E-state index in [1.807, 2.05) is 18.2 Å². The molecule has 0 aliphatic carbocycles. The molecular formula is C19H23ClFN3O2. The molecule has 0 radical (unpaired) electrons. The van der Waals surface area contributed by atoms with Crippen LogP contribution in [0, 0.1) is 5.82 Å². The zero-order valence-corrected chi connectivity index (χ0v) is 15.9. The summed E-state index contributed by atoms with van der Waals surface area (Å²) in [5, 5.41) is 6.88. The Balaban J connectivity index is 1.86. The fraction of sp³-hybridized carbons (Fsp3) is 0.316. The minimum absolute atomic E-state index is 0.334. The van der Waals surface area contributed by atoms with Gasteiger partial charge < -0.3 is 20.1 Å². The normalized spacial score (nSPS) is 11.2. The van der Waals surface area contributed by atoms with Gasteiger partial charge in [-0.3, -0.25) is 4.99 Å². The van der Waals surface area contributed by atoms with E-state index >= 15 is 0 Å². The van der Waals surface area contributed by atoms with Crippen LogP contribution < -0.4 is 20.1 Å². The summed E-state index contributed by atoms with van der Waals surface area (Å²) in [6.45, 7) is 1.20. The summed E-state index contributed by atoms with van der Waals surface area (Å²) >= 11 is 6.04. The van der Waals surface area contributed by atoms with Crippen molar-refractivity contribution in [3.63, 3.8) is 0 Å². The highest BCUT2D eigenvalue weighted by molar-refractivity contribution is 6.31. The molecule has 0 unspecified atom stereocenters. The molecule has 2 rings (SSSR count). The number of rotatable bonds is 7. The zero-order chi connectivity index (χ0) is 18.9. The molecule has 2 aromatic rings. The predicted molar refractivity (Wildman–Crippen MR) is 103 cm³/mol. The molecule has 0 aliphatic heterocycles. The van der Waals surface area contributed by atoms with Crippen LogP contribution in [0.3, 0.4) is 0 Å². The summed E-state index contributed by atoms with van der Waals surface area (Å²) in [6, 6.07) is 10.2. The highest BCUT2D eigenvalue weighted by Gasteiger charge is 2.06. The first kappa shape index (κ1) is 19.8. The molecular weight excluding hydrogens is 357 g/mol. The molecule has 0 fully saturated rings. The summed E-state index contributed by atoms with van der Waals surface area (Å²) < 4.78 is 23.6.